The fourth-order valence-corrected chi connectivity index (χ4v) is 2.20. The normalized spacial score (nSPS) is 12.1. The lowest BCUT2D eigenvalue weighted by molar-refractivity contribution is -0.136. The van der Waals surface area contributed by atoms with E-state index in [2.05, 4.69) is 10.6 Å². The first-order valence-corrected chi connectivity index (χ1v) is 6.73. The van der Waals surface area contributed by atoms with Crippen molar-refractivity contribution in [3.63, 3.8) is 0 Å². The van der Waals surface area contributed by atoms with Crippen molar-refractivity contribution in [2.75, 3.05) is 6.54 Å². The Morgan fingerprint density at radius 2 is 2.05 bits per heavy atom. The average Bonchev–Trinajstić information content (AvgIpc) is 2.76. The molecular formula is C15H18N2O4. The molecule has 0 bridgehead atoms. The lowest BCUT2D eigenvalue weighted by Gasteiger charge is -2.13. The summed E-state index contributed by atoms with van der Waals surface area (Å²) in [7, 11) is 0. The predicted octanol–water partition coefficient (Wildman–Crippen LogP) is 2.58. The highest BCUT2D eigenvalue weighted by atomic mass is 16.4. The lowest BCUT2D eigenvalue weighted by atomic mass is 10.1. The third kappa shape index (κ3) is 3.53. The van der Waals surface area contributed by atoms with Crippen LogP contribution in [-0.2, 0) is 4.79 Å². The molecule has 0 aliphatic heterocycles. The number of hydrogen-bond acceptors (Lipinski definition) is 3. The molecule has 0 saturated heterocycles. The summed E-state index contributed by atoms with van der Waals surface area (Å²) < 4.78 is 5.77. The molecule has 1 aromatic heterocycles. The molecule has 6 nitrogen and oxygen atoms in total. The van der Waals surface area contributed by atoms with E-state index >= 15 is 0 Å². The largest absolute Gasteiger partial charge is 0.481 e. The van der Waals surface area contributed by atoms with Crippen LogP contribution in [0.15, 0.2) is 28.7 Å². The summed E-state index contributed by atoms with van der Waals surface area (Å²) in [6, 6.07) is 6.96. The molecule has 1 atom stereocenters. The summed E-state index contributed by atoms with van der Waals surface area (Å²) in [6.45, 7) is 3.86. The van der Waals surface area contributed by atoms with Crippen molar-refractivity contribution in [3.8, 4) is 0 Å². The Morgan fingerprint density at radius 1 is 1.33 bits per heavy atom. The van der Waals surface area contributed by atoms with Crippen LogP contribution in [0.3, 0.4) is 0 Å². The minimum atomic E-state index is -0.948. The van der Waals surface area contributed by atoms with Gasteiger partial charge in [-0.05, 0) is 19.9 Å². The second-order valence-corrected chi connectivity index (χ2v) is 4.85. The van der Waals surface area contributed by atoms with E-state index in [9.17, 15) is 9.59 Å². The van der Waals surface area contributed by atoms with E-state index in [1.54, 1.807) is 0 Å². The highest BCUT2D eigenvalue weighted by Crippen LogP contribution is 2.28. The monoisotopic (exact) mass is 290 g/mol. The van der Waals surface area contributed by atoms with Gasteiger partial charge in [-0.25, -0.2) is 4.79 Å². The number of rotatable bonds is 5. The number of aryl methyl sites for hydroxylation is 1. The number of furan rings is 1. The first-order valence-electron chi connectivity index (χ1n) is 6.73. The van der Waals surface area contributed by atoms with E-state index in [1.807, 2.05) is 38.1 Å². The SMILES string of the molecule is Cc1c([C@@H](C)NC(=O)NCCC(=O)O)oc2ccccc12. The van der Waals surface area contributed by atoms with Crippen molar-refractivity contribution in [1.29, 1.82) is 0 Å². The molecule has 0 spiro atoms. The van der Waals surface area contributed by atoms with Crippen molar-refractivity contribution >= 4 is 23.0 Å². The maximum Gasteiger partial charge on any atom is 0.315 e. The molecule has 0 radical (unpaired) electrons. The number of nitrogens with one attached hydrogen (secondary N) is 2. The molecule has 0 aliphatic rings. The summed E-state index contributed by atoms with van der Waals surface area (Å²) in [5.41, 5.74) is 1.77. The van der Waals surface area contributed by atoms with E-state index in [1.165, 1.54) is 0 Å². The Hall–Kier alpha value is -2.50. The predicted molar refractivity (Wildman–Crippen MR) is 78.2 cm³/mol. The highest BCUT2D eigenvalue weighted by Gasteiger charge is 2.18. The molecule has 112 valence electrons. The molecule has 2 rings (SSSR count). The van der Waals surface area contributed by atoms with Gasteiger partial charge >= 0.3 is 12.0 Å². The van der Waals surface area contributed by atoms with Gasteiger partial charge in [0.05, 0.1) is 12.5 Å². The quantitative estimate of drug-likeness (QED) is 0.789. The van der Waals surface area contributed by atoms with E-state index in [4.69, 9.17) is 9.52 Å². The van der Waals surface area contributed by atoms with Gasteiger partial charge in [-0.3, -0.25) is 4.79 Å². The van der Waals surface area contributed by atoms with E-state index in [0.29, 0.717) is 5.76 Å². The van der Waals surface area contributed by atoms with Gasteiger partial charge in [-0.1, -0.05) is 18.2 Å². The molecule has 0 saturated carbocycles. The second kappa shape index (κ2) is 6.30. The fraction of sp³-hybridized carbons (Fsp3) is 0.333. The number of carboxylic acids is 1. The van der Waals surface area contributed by atoms with Crippen LogP contribution < -0.4 is 10.6 Å². The zero-order valence-electron chi connectivity index (χ0n) is 12.0. The minimum absolute atomic E-state index is 0.0903. The van der Waals surface area contributed by atoms with Crippen LogP contribution in [-0.4, -0.2) is 23.7 Å². The third-order valence-corrected chi connectivity index (χ3v) is 3.25. The Morgan fingerprint density at radius 3 is 2.71 bits per heavy atom. The summed E-state index contributed by atoms with van der Waals surface area (Å²) in [5, 5.41) is 14.8. The van der Waals surface area contributed by atoms with Gasteiger partial charge in [-0.2, -0.15) is 0 Å². The van der Waals surface area contributed by atoms with Crippen LogP contribution in [0.4, 0.5) is 4.79 Å². The number of carbonyl (C=O) groups is 2. The summed E-state index contributed by atoms with van der Waals surface area (Å²) in [6.07, 6.45) is -0.106. The summed E-state index contributed by atoms with van der Waals surface area (Å²) in [5.74, 6) is -0.249. The van der Waals surface area contributed by atoms with Crippen molar-refractivity contribution in [3.05, 3.63) is 35.6 Å². The molecule has 2 aromatic rings. The number of benzene rings is 1. The number of carbonyl (C=O) groups excluding carboxylic acids is 1. The highest BCUT2D eigenvalue weighted by molar-refractivity contribution is 5.82. The Kier molecular flexibility index (Phi) is 4.47. The summed E-state index contributed by atoms with van der Waals surface area (Å²) >= 11 is 0. The maximum absolute atomic E-state index is 11.7. The van der Waals surface area contributed by atoms with Gasteiger partial charge in [0.25, 0.3) is 0 Å². The van der Waals surface area contributed by atoms with Gasteiger partial charge < -0.3 is 20.2 Å². The Labute approximate surface area is 122 Å². The van der Waals surface area contributed by atoms with E-state index in [-0.39, 0.29) is 19.0 Å². The Balaban J connectivity index is 2.01. The molecule has 2 amide bonds. The maximum atomic E-state index is 11.7. The van der Waals surface area contributed by atoms with Gasteiger partial charge in [0, 0.05) is 17.5 Å². The van der Waals surface area contributed by atoms with Crippen LogP contribution in [0.2, 0.25) is 0 Å². The second-order valence-electron chi connectivity index (χ2n) is 4.85. The average molecular weight is 290 g/mol. The van der Waals surface area contributed by atoms with Gasteiger partial charge in [0.1, 0.15) is 11.3 Å². The molecule has 1 aromatic carbocycles. The molecule has 6 heteroatoms. The Bertz CT molecular complexity index is 663. The first-order chi connectivity index (χ1) is 9.99. The molecule has 3 N–H and O–H groups in total. The smallest absolute Gasteiger partial charge is 0.315 e. The van der Waals surface area contributed by atoms with Crippen LogP contribution in [0.5, 0.6) is 0 Å². The van der Waals surface area contributed by atoms with Crippen molar-refractivity contribution < 1.29 is 19.1 Å². The number of aliphatic carboxylic acids is 1. The summed E-state index contributed by atoms with van der Waals surface area (Å²) in [4.78, 5) is 22.1. The molecule has 0 fully saturated rings. The van der Waals surface area contributed by atoms with E-state index in [0.717, 1.165) is 16.5 Å². The number of para-hydroxylation sites is 1. The molecule has 0 aliphatic carbocycles. The third-order valence-electron chi connectivity index (χ3n) is 3.25. The van der Waals surface area contributed by atoms with Gasteiger partial charge in [-0.15, -0.1) is 0 Å². The molecule has 21 heavy (non-hydrogen) atoms. The molecule has 0 unspecified atom stereocenters. The zero-order chi connectivity index (χ0) is 15.4. The minimum Gasteiger partial charge on any atom is -0.481 e. The number of urea groups is 1. The standard InChI is InChI=1S/C15H18N2O4/c1-9-11-5-3-4-6-12(11)21-14(9)10(2)17-15(20)16-8-7-13(18)19/h3-6,10H,7-8H2,1-2H3,(H,18,19)(H2,16,17,20)/t10-/m1/s1. The van der Waals surface area contributed by atoms with Crippen LogP contribution in [0, 0.1) is 6.92 Å². The van der Waals surface area contributed by atoms with Crippen LogP contribution in [0.25, 0.3) is 11.0 Å². The fourth-order valence-electron chi connectivity index (χ4n) is 2.20. The molecular weight excluding hydrogens is 272 g/mol. The van der Waals surface area contributed by atoms with Crippen LogP contribution >= 0.6 is 0 Å². The number of fused-ring (bicyclic) bond motifs is 1. The first kappa shape index (κ1) is 14.9. The van der Waals surface area contributed by atoms with Gasteiger partial charge in [0.2, 0.25) is 0 Å². The molecule has 1 heterocycles. The number of carboxylic acid groups (broad SMARTS) is 1. The van der Waals surface area contributed by atoms with Gasteiger partial charge in [0.15, 0.2) is 0 Å². The topological polar surface area (TPSA) is 91.6 Å². The van der Waals surface area contributed by atoms with Crippen molar-refractivity contribution in [2.45, 2.75) is 26.3 Å². The lowest BCUT2D eigenvalue weighted by Crippen LogP contribution is -2.38. The van der Waals surface area contributed by atoms with Crippen LogP contribution in [0.1, 0.15) is 30.7 Å². The zero-order valence-corrected chi connectivity index (χ0v) is 12.0. The number of hydrogen-bond donors (Lipinski definition) is 3. The van der Waals surface area contributed by atoms with E-state index < -0.39 is 12.0 Å². The van der Waals surface area contributed by atoms with Crippen molar-refractivity contribution in [2.24, 2.45) is 0 Å². The number of amides is 2. The van der Waals surface area contributed by atoms with Crippen molar-refractivity contribution in [1.82, 2.24) is 10.6 Å².